The summed E-state index contributed by atoms with van der Waals surface area (Å²) in [4.78, 5) is 25.2. The molecule has 1 heterocycles. The number of hydrazone groups is 1. The molecule has 0 spiro atoms. The molecule has 1 aromatic heterocycles. The number of rotatable bonds is 4. The number of hydrogen-bond acceptors (Lipinski definition) is 6. The first kappa shape index (κ1) is 15.4. The molecule has 112 valence electrons. The van der Waals surface area contributed by atoms with Crippen molar-refractivity contribution in [1.29, 1.82) is 0 Å². The van der Waals surface area contributed by atoms with Crippen LogP contribution in [0.15, 0.2) is 41.6 Å². The van der Waals surface area contributed by atoms with E-state index in [-0.39, 0.29) is 17.1 Å². The van der Waals surface area contributed by atoms with E-state index >= 15 is 0 Å². The number of carbonyl (C=O) groups excluding carboxylic acids is 1. The fraction of sp³-hybridized carbons (Fsp3) is 0. The summed E-state index contributed by atoms with van der Waals surface area (Å²) >= 11 is 5.77. The number of benzene rings is 1. The summed E-state index contributed by atoms with van der Waals surface area (Å²) in [7, 11) is 0. The molecule has 0 unspecified atom stereocenters. The van der Waals surface area contributed by atoms with E-state index in [1.165, 1.54) is 30.5 Å². The van der Waals surface area contributed by atoms with Gasteiger partial charge in [0.2, 0.25) is 0 Å². The zero-order valence-corrected chi connectivity index (χ0v) is 11.7. The molecule has 9 heteroatoms. The number of carbonyl (C=O) groups is 1. The molecular formula is C13H9ClN4O4. The van der Waals surface area contributed by atoms with E-state index < -0.39 is 10.8 Å². The van der Waals surface area contributed by atoms with Gasteiger partial charge in [0.05, 0.1) is 11.1 Å². The molecule has 0 radical (unpaired) electrons. The first-order valence-electron chi connectivity index (χ1n) is 5.90. The lowest BCUT2D eigenvalue weighted by Crippen LogP contribution is -2.18. The van der Waals surface area contributed by atoms with Crippen LogP contribution in [0.1, 0.15) is 16.1 Å². The van der Waals surface area contributed by atoms with Crippen LogP contribution in [-0.4, -0.2) is 27.1 Å². The van der Waals surface area contributed by atoms with Crippen molar-refractivity contribution in [3.63, 3.8) is 0 Å². The van der Waals surface area contributed by atoms with Gasteiger partial charge in [-0.3, -0.25) is 14.9 Å². The average Bonchev–Trinajstić information content (AvgIpc) is 2.50. The Labute approximate surface area is 129 Å². The van der Waals surface area contributed by atoms with E-state index in [1.807, 2.05) is 0 Å². The van der Waals surface area contributed by atoms with Gasteiger partial charge < -0.3 is 5.11 Å². The van der Waals surface area contributed by atoms with E-state index in [1.54, 1.807) is 0 Å². The van der Waals surface area contributed by atoms with Crippen molar-refractivity contribution in [2.24, 2.45) is 5.10 Å². The van der Waals surface area contributed by atoms with Crippen LogP contribution in [0.25, 0.3) is 0 Å². The molecule has 1 aromatic carbocycles. The Morgan fingerprint density at radius 3 is 2.82 bits per heavy atom. The van der Waals surface area contributed by atoms with E-state index in [0.29, 0.717) is 10.6 Å². The summed E-state index contributed by atoms with van der Waals surface area (Å²) in [5.41, 5.74) is 2.26. The van der Waals surface area contributed by atoms with Gasteiger partial charge in [-0.1, -0.05) is 11.6 Å². The minimum Gasteiger partial charge on any atom is -0.507 e. The molecular weight excluding hydrogens is 312 g/mol. The summed E-state index contributed by atoms with van der Waals surface area (Å²) in [6.07, 6.45) is 2.19. The first-order valence-corrected chi connectivity index (χ1v) is 6.27. The van der Waals surface area contributed by atoms with Crippen molar-refractivity contribution in [3.8, 4) is 5.75 Å². The monoisotopic (exact) mass is 320 g/mol. The van der Waals surface area contributed by atoms with Crippen LogP contribution in [0.2, 0.25) is 5.02 Å². The summed E-state index contributed by atoms with van der Waals surface area (Å²) in [5.74, 6) is -0.691. The van der Waals surface area contributed by atoms with Crippen LogP contribution >= 0.6 is 11.6 Å². The molecule has 2 rings (SSSR count). The van der Waals surface area contributed by atoms with Gasteiger partial charge in [0.25, 0.3) is 11.6 Å². The van der Waals surface area contributed by atoms with E-state index in [9.17, 15) is 20.0 Å². The molecule has 0 saturated carbocycles. The van der Waals surface area contributed by atoms with Gasteiger partial charge in [-0.05, 0) is 24.3 Å². The van der Waals surface area contributed by atoms with Crippen molar-refractivity contribution >= 4 is 29.4 Å². The summed E-state index contributed by atoms with van der Waals surface area (Å²) in [5, 5.41) is 24.1. The number of nitrogens with one attached hydrogen (secondary N) is 1. The lowest BCUT2D eigenvalue weighted by molar-refractivity contribution is -0.385. The fourth-order valence-corrected chi connectivity index (χ4v) is 1.66. The lowest BCUT2D eigenvalue weighted by atomic mass is 10.2. The van der Waals surface area contributed by atoms with Gasteiger partial charge >= 0.3 is 0 Å². The third-order valence-corrected chi connectivity index (χ3v) is 2.79. The first-order chi connectivity index (χ1) is 10.5. The van der Waals surface area contributed by atoms with Crippen LogP contribution in [0, 0.1) is 10.1 Å². The second kappa shape index (κ2) is 6.64. The molecule has 0 bridgehead atoms. The Kier molecular flexibility index (Phi) is 4.64. The van der Waals surface area contributed by atoms with Gasteiger partial charge in [-0.2, -0.15) is 5.10 Å². The molecule has 22 heavy (non-hydrogen) atoms. The van der Waals surface area contributed by atoms with Crippen LogP contribution in [0.4, 0.5) is 5.69 Å². The number of halogens is 1. The van der Waals surface area contributed by atoms with Crippen molar-refractivity contribution in [2.75, 3.05) is 0 Å². The highest BCUT2D eigenvalue weighted by atomic mass is 35.5. The third kappa shape index (κ3) is 3.76. The van der Waals surface area contributed by atoms with Crippen molar-refractivity contribution < 1.29 is 14.8 Å². The zero-order valence-electron chi connectivity index (χ0n) is 10.9. The quantitative estimate of drug-likeness (QED) is 0.508. The van der Waals surface area contributed by atoms with Crippen molar-refractivity contribution in [2.45, 2.75) is 0 Å². The van der Waals surface area contributed by atoms with Gasteiger partial charge in [0, 0.05) is 16.7 Å². The molecule has 2 N–H and O–H groups in total. The topological polar surface area (TPSA) is 118 Å². The van der Waals surface area contributed by atoms with Gasteiger partial charge in [-0.15, -0.1) is 0 Å². The maximum Gasteiger partial charge on any atom is 0.289 e. The van der Waals surface area contributed by atoms with Crippen LogP contribution in [0.5, 0.6) is 5.75 Å². The SMILES string of the molecule is O=C(N/N=C/c1cc(Cl)ccc1O)c1ccc([N+](=O)[O-])cn1. The molecule has 0 aliphatic carbocycles. The molecule has 0 atom stereocenters. The summed E-state index contributed by atoms with van der Waals surface area (Å²) in [6, 6.07) is 6.74. The Morgan fingerprint density at radius 2 is 2.18 bits per heavy atom. The third-order valence-electron chi connectivity index (χ3n) is 2.55. The molecule has 0 aliphatic heterocycles. The second-order valence-electron chi connectivity index (χ2n) is 4.06. The predicted octanol–water partition coefficient (Wildman–Crippen LogP) is 2.11. The van der Waals surface area contributed by atoms with Crippen LogP contribution in [0.3, 0.4) is 0 Å². The minimum absolute atomic E-state index is 0.0296. The second-order valence-corrected chi connectivity index (χ2v) is 4.50. The Balaban J connectivity index is 2.04. The van der Waals surface area contributed by atoms with Gasteiger partial charge in [0.1, 0.15) is 17.6 Å². The lowest BCUT2D eigenvalue weighted by Gasteiger charge is -2.00. The van der Waals surface area contributed by atoms with E-state index in [2.05, 4.69) is 15.5 Å². The average molecular weight is 321 g/mol. The molecule has 0 saturated heterocycles. The predicted molar refractivity (Wildman–Crippen MR) is 79.1 cm³/mol. The van der Waals surface area contributed by atoms with E-state index in [0.717, 1.165) is 12.3 Å². The standard InChI is InChI=1S/C13H9ClN4O4/c14-9-1-4-12(19)8(5-9)6-16-17-13(20)11-3-2-10(7-15-11)18(21)22/h1-7,19H,(H,17,20)/b16-6+. The Hall–Kier alpha value is -3.00. The summed E-state index contributed by atoms with van der Waals surface area (Å²) < 4.78 is 0. The molecule has 1 amide bonds. The van der Waals surface area contributed by atoms with Crippen LogP contribution in [-0.2, 0) is 0 Å². The van der Waals surface area contributed by atoms with E-state index in [4.69, 9.17) is 11.6 Å². The Bertz CT molecular complexity index is 746. The molecule has 0 fully saturated rings. The number of aromatic hydroxyl groups is 1. The van der Waals surface area contributed by atoms with Crippen molar-refractivity contribution in [3.05, 3.63) is 62.9 Å². The number of aromatic nitrogens is 1. The van der Waals surface area contributed by atoms with Crippen LogP contribution < -0.4 is 5.43 Å². The number of nitro groups is 1. The number of phenols is 1. The number of amides is 1. The minimum atomic E-state index is -0.646. The largest absolute Gasteiger partial charge is 0.507 e. The number of phenolic OH excluding ortho intramolecular Hbond substituents is 1. The zero-order chi connectivity index (χ0) is 16.1. The maximum atomic E-state index is 11.7. The summed E-state index contributed by atoms with van der Waals surface area (Å²) in [6.45, 7) is 0. The molecule has 2 aromatic rings. The van der Waals surface area contributed by atoms with Gasteiger partial charge in [-0.25, -0.2) is 10.4 Å². The highest BCUT2D eigenvalue weighted by Crippen LogP contribution is 2.19. The Morgan fingerprint density at radius 1 is 1.41 bits per heavy atom. The maximum absolute atomic E-state index is 11.7. The normalized spacial score (nSPS) is 10.6. The van der Waals surface area contributed by atoms with Crippen molar-refractivity contribution in [1.82, 2.24) is 10.4 Å². The molecule has 0 aliphatic rings. The number of nitrogens with zero attached hydrogens (tertiary/aromatic N) is 3. The number of pyridine rings is 1. The van der Waals surface area contributed by atoms with Gasteiger partial charge in [0.15, 0.2) is 0 Å². The molecule has 8 nitrogen and oxygen atoms in total. The smallest absolute Gasteiger partial charge is 0.289 e. The fourth-order valence-electron chi connectivity index (χ4n) is 1.47. The highest BCUT2D eigenvalue weighted by molar-refractivity contribution is 6.30. The number of hydrogen-bond donors (Lipinski definition) is 2. The highest BCUT2D eigenvalue weighted by Gasteiger charge is 2.10.